The van der Waals surface area contributed by atoms with Crippen LogP contribution in [0.3, 0.4) is 0 Å². The number of hydrogen-bond acceptors (Lipinski definition) is 5. The van der Waals surface area contributed by atoms with Crippen LogP contribution >= 0.6 is 0 Å². The molecule has 0 N–H and O–H groups in total. The lowest BCUT2D eigenvalue weighted by atomic mass is 9.94. The summed E-state index contributed by atoms with van der Waals surface area (Å²) in [7, 11) is 0. The monoisotopic (exact) mass is 409 g/mol. The van der Waals surface area contributed by atoms with Crippen LogP contribution in [0.1, 0.15) is 24.3 Å². The molecule has 0 radical (unpaired) electrons. The van der Waals surface area contributed by atoms with Crippen molar-refractivity contribution < 1.29 is 18.4 Å². The van der Waals surface area contributed by atoms with Gasteiger partial charge < -0.3 is 14.2 Å². The zero-order valence-corrected chi connectivity index (χ0v) is 16.9. The van der Waals surface area contributed by atoms with E-state index in [0.717, 1.165) is 24.0 Å². The largest absolute Gasteiger partial charge is 0.481 e. The fraction of sp³-hybridized carbons (Fsp3) is 0.348. The molecule has 2 heterocycles. The van der Waals surface area contributed by atoms with Gasteiger partial charge in [0.25, 0.3) is 5.91 Å². The number of carbonyl (C=O) groups is 1. The first-order valence-electron chi connectivity index (χ1n) is 10.1. The van der Waals surface area contributed by atoms with Crippen LogP contribution in [-0.4, -0.2) is 40.6 Å². The third-order valence-electron chi connectivity index (χ3n) is 5.38. The Bertz CT molecular complexity index is 1020. The maximum atomic E-state index is 13.7. The molecular formula is C23H24FN3O3. The molecule has 0 unspecified atom stereocenters. The van der Waals surface area contributed by atoms with Crippen LogP contribution in [0.4, 0.5) is 4.39 Å². The number of aromatic nitrogens is 2. The van der Waals surface area contributed by atoms with Crippen molar-refractivity contribution in [2.45, 2.75) is 26.2 Å². The van der Waals surface area contributed by atoms with Gasteiger partial charge in [0.1, 0.15) is 0 Å². The SMILES string of the molecule is Cc1ccccc1-c1noc(C[C@@H]2CCCN(C(=O)COc3ccccc3F)C2)n1. The number of rotatable bonds is 6. The van der Waals surface area contributed by atoms with E-state index in [2.05, 4.69) is 10.1 Å². The molecule has 30 heavy (non-hydrogen) atoms. The minimum atomic E-state index is -0.470. The minimum Gasteiger partial charge on any atom is -0.481 e. The van der Waals surface area contributed by atoms with Crippen LogP contribution < -0.4 is 4.74 Å². The van der Waals surface area contributed by atoms with Gasteiger partial charge in [-0.1, -0.05) is 41.6 Å². The molecule has 1 fully saturated rings. The number of nitrogens with zero attached hydrogens (tertiary/aromatic N) is 3. The number of para-hydroxylation sites is 1. The number of piperidine rings is 1. The number of halogens is 1. The average molecular weight is 409 g/mol. The molecule has 1 aliphatic heterocycles. The lowest BCUT2D eigenvalue weighted by molar-refractivity contribution is -0.135. The highest BCUT2D eigenvalue weighted by Gasteiger charge is 2.26. The summed E-state index contributed by atoms with van der Waals surface area (Å²) in [5.41, 5.74) is 2.05. The second-order valence-electron chi connectivity index (χ2n) is 7.60. The van der Waals surface area contributed by atoms with Crippen molar-refractivity contribution in [2.75, 3.05) is 19.7 Å². The van der Waals surface area contributed by atoms with Gasteiger partial charge in [-0.05, 0) is 43.4 Å². The third-order valence-corrected chi connectivity index (χ3v) is 5.38. The van der Waals surface area contributed by atoms with Gasteiger partial charge in [-0.3, -0.25) is 4.79 Å². The molecule has 1 atom stereocenters. The van der Waals surface area contributed by atoms with Crippen LogP contribution in [0, 0.1) is 18.7 Å². The molecule has 156 valence electrons. The van der Waals surface area contributed by atoms with Crippen LogP contribution in [0.5, 0.6) is 5.75 Å². The zero-order valence-electron chi connectivity index (χ0n) is 16.9. The summed E-state index contributed by atoms with van der Waals surface area (Å²) < 4.78 is 24.5. The molecule has 7 heteroatoms. The molecule has 3 aromatic rings. The Morgan fingerprint density at radius 3 is 2.87 bits per heavy atom. The van der Waals surface area contributed by atoms with Gasteiger partial charge in [-0.15, -0.1) is 0 Å². The van der Waals surface area contributed by atoms with Gasteiger partial charge >= 0.3 is 0 Å². The molecule has 0 bridgehead atoms. The molecule has 4 rings (SSSR count). The van der Waals surface area contributed by atoms with E-state index < -0.39 is 5.82 Å². The predicted molar refractivity (Wildman–Crippen MR) is 109 cm³/mol. The summed E-state index contributed by atoms with van der Waals surface area (Å²) >= 11 is 0. The number of carbonyl (C=O) groups excluding carboxylic acids is 1. The second kappa shape index (κ2) is 9.07. The van der Waals surface area contributed by atoms with Crippen LogP contribution in [-0.2, 0) is 11.2 Å². The van der Waals surface area contributed by atoms with Gasteiger partial charge in [-0.25, -0.2) is 4.39 Å². The van der Waals surface area contributed by atoms with E-state index in [1.807, 2.05) is 31.2 Å². The zero-order chi connectivity index (χ0) is 20.9. The molecule has 6 nitrogen and oxygen atoms in total. The number of benzene rings is 2. The average Bonchev–Trinajstić information content (AvgIpc) is 3.21. The lowest BCUT2D eigenvalue weighted by Crippen LogP contribution is -2.42. The molecule has 0 saturated carbocycles. The predicted octanol–water partition coefficient (Wildman–Crippen LogP) is 4.04. The minimum absolute atomic E-state index is 0.0917. The number of hydrogen-bond donors (Lipinski definition) is 0. The van der Waals surface area contributed by atoms with Crippen molar-refractivity contribution in [2.24, 2.45) is 5.92 Å². The van der Waals surface area contributed by atoms with E-state index in [4.69, 9.17) is 9.26 Å². The molecular weight excluding hydrogens is 385 g/mol. The Balaban J connectivity index is 1.33. The van der Waals surface area contributed by atoms with Crippen molar-refractivity contribution in [3.8, 4) is 17.1 Å². The summed E-state index contributed by atoms with van der Waals surface area (Å²) in [6.07, 6.45) is 2.51. The summed E-state index contributed by atoms with van der Waals surface area (Å²) in [4.78, 5) is 18.8. The van der Waals surface area contributed by atoms with Gasteiger partial charge in [0.15, 0.2) is 18.2 Å². The van der Waals surface area contributed by atoms with Crippen molar-refractivity contribution >= 4 is 5.91 Å². The molecule has 1 aromatic heterocycles. The highest BCUT2D eigenvalue weighted by atomic mass is 19.1. The van der Waals surface area contributed by atoms with Crippen LogP contribution in [0.2, 0.25) is 0 Å². The Hall–Kier alpha value is -3.22. The van der Waals surface area contributed by atoms with E-state index in [-0.39, 0.29) is 24.2 Å². The maximum Gasteiger partial charge on any atom is 0.260 e. The standard InChI is InChI=1S/C23H24FN3O3/c1-16-7-2-3-9-18(16)23-25-21(30-26-23)13-17-8-6-12-27(14-17)22(28)15-29-20-11-5-4-10-19(20)24/h2-5,7,9-11,17H,6,8,12-15H2,1H3/t17-/m0/s1. The Labute approximate surface area is 174 Å². The van der Waals surface area contributed by atoms with Gasteiger partial charge in [0, 0.05) is 25.1 Å². The second-order valence-corrected chi connectivity index (χ2v) is 7.60. The summed E-state index contributed by atoms with van der Waals surface area (Å²) in [5.74, 6) is 0.882. The Morgan fingerprint density at radius 2 is 2.03 bits per heavy atom. The molecule has 1 amide bonds. The van der Waals surface area contributed by atoms with Gasteiger partial charge in [0.2, 0.25) is 11.7 Å². The number of ether oxygens (including phenoxy) is 1. The quantitative estimate of drug-likeness (QED) is 0.615. The molecule has 0 spiro atoms. The first kappa shape index (κ1) is 20.1. The lowest BCUT2D eigenvalue weighted by Gasteiger charge is -2.32. The smallest absolute Gasteiger partial charge is 0.260 e. The fourth-order valence-electron chi connectivity index (χ4n) is 3.77. The first-order chi connectivity index (χ1) is 14.6. The fourth-order valence-corrected chi connectivity index (χ4v) is 3.77. The summed E-state index contributed by atoms with van der Waals surface area (Å²) in [5, 5.41) is 4.12. The number of aryl methyl sites for hydroxylation is 1. The topological polar surface area (TPSA) is 68.5 Å². The van der Waals surface area contributed by atoms with E-state index >= 15 is 0 Å². The van der Waals surface area contributed by atoms with Crippen LogP contribution in [0.15, 0.2) is 53.1 Å². The van der Waals surface area contributed by atoms with Gasteiger partial charge in [-0.2, -0.15) is 4.98 Å². The first-order valence-corrected chi connectivity index (χ1v) is 10.1. The van der Waals surface area contributed by atoms with Gasteiger partial charge in [0.05, 0.1) is 0 Å². The van der Waals surface area contributed by atoms with Crippen LogP contribution in [0.25, 0.3) is 11.4 Å². The number of amides is 1. The van der Waals surface area contributed by atoms with Crippen molar-refractivity contribution in [1.29, 1.82) is 0 Å². The van der Waals surface area contributed by atoms with E-state index in [1.54, 1.807) is 17.0 Å². The molecule has 0 aliphatic carbocycles. The van der Waals surface area contributed by atoms with Crippen molar-refractivity contribution in [3.63, 3.8) is 0 Å². The van der Waals surface area contributed by atoms with Crippen molar-refractivity contribution in [1.82, 2.24) is 15.0 Å². The molecule has 2 aromatic carbocycles. The van der Waals surface area contributed by atoms with E-state index in [1.165, 1.54) is 12.1 Å². The third kappa shape index (κ3) is 4.67. The Morgan fingerprint density at radius 1 is 1.23 bits per heavy atom. The van der Waals surface area contributed by atoms with Crippen molar-refractivity contribution in [3.05, 3.63) is 65.8 Å². The highest BCUT2D eigenvalue weighted by Crippen LogP contribution is 2.24. The normalized spacial score (nSPS) is 16.5. The molecule has 1 saturated heterocycles. The Kier molecular flexibility index (Phi) is 6.07. The van der Waals surface area contributed by atoms with E-state index in [9.17, 15) is 9.18 Å². The number of likely N-dealkylation sites (tertiary alicyclic amines) is 1. The molecule has 1 aliphatic rings. The summed E-state index contributed by atoms with van der Waals surface area (Å²) in [6, 6.07) is 14.0. The maximum absolute atomic E-state index is 13.7. The summed E-state index contributed by atoms with van der Waals surface area (Å²) in [6.45, 7) is 3.11. The van der Waals surface area contributed by atoms with E-state index in [0.29, 0.717) is 31.2 Å². The highest BCUT2D eigenvalue weighted by molar-refractivity contribution is 5.77.